The van der Waals surface area contributed by atoms with Crippen LogP contribution in [0.1, 0.15) is 40.4 Å². The minimum absolute atomic E-state index is 0. The first-order chi connectivity index (χ1) is 13.0. The van der Waals surface area contributed by atoms with Crippen molar-refractivity contribution in [2.45, 2.75) is 53.1 Å². The van der Waals surface area contributed by atoms with Gasteiger partial charge in [0.25, 0.3) is 0 Å². The predicted molar refractivity (Wildman–Crippen MR) is 124 cm³/mol. The molecule has 0 amide bonds. The normalized spacial score (nSPS) is 11.9. The summed E-state index contributed by atoms with van der Waals surface area (Å²) in [5.41, 5.74) is 0. The number of rotatable bonds is 10. The number of aromatic nitrogens is 3. The van der Waals surface area contributed by atoms with E-state index in [2.05, 4.69) is 70.3 Å². The van der Waals surface area contributed by atoms with Gasteiger partial charge in [0.1, 0.15) is 5.82 Å². The number of nitrogens with one attached hydrogen (secondary N) is 3. The first kappa shape index (κ1) is 24.4. The average molecular weight is 503 g/mol. The fraction of sp³-hybridized carbons (Fsp3) is 0.632. The molecule has 0 aliphatic rings. The summed E-state index contributed by atoms with van der Waals surface area (Å²) in [6, 6.07) is 4.71. The van der Waals surface area contributed by atoms with Gasteiger partial charge in [-0.3, -0.25) is 15.0 Å². The molecular weight excluding hydrogens is 469 g/mol. The summed E-state index contributed by atoms with van der Waals surface area (Å²) in [5, 5.41) is 13.8. The van der Waals surface area contributed by atoms with Crippen molar-refractivity contribution in [2.75, 3.05) is 26.2 Å². The Hall–Kier alpha value is -1.62. The van der Waals surface area contributed by atoms with Crippen LogP contribution in [0.2, 0.25) is 0 Å². The monoisotopic (exact) mass is 503 g/mol. The molecule has 0 saturated carbocycles. The number of aliphatic imine (C=N–C) groups is 1. The van der Waals surface area contributed by atoms with E-state index in [4.69, 9.17) is 4.42 Å². The molecule has 2 rings (SSSR count). The van der Waals surface area contributed by atoms with Gasteiger partial charge in [-0.05, 0) is 46.8 Å². The highest BCUT2D eigenvalue weighted by atomic mass is 127. The van der Waals surface area contributed by atoms with E-state index in [1.807, 2.05) is 12.1 Å². The molecule has 0 atom stereocenters. The van der Waals surface area contributed by atoms with Crippen LogP contribution in [0.3, 0.4) is 0 Å². The summed E-state index contributed by atoms with van der Waals surface area (Å²) >= 11 is 0. The van der Waals surface area contributed by atoms with Crippen LogP contribution in [0, 0.1) is 0 Å². The Morgan fingerprint density at radius 2 is 2.00 bits per heavy atom. The highest BCUT2D eigenvalue weighted by Gasteiger charge is 2.12. The SMILES string of the molecule is CCNC(=NCCN(C(C)C)C(C)C)NCCc1nc(-c2ccco2)n[nH]1.I. The number of hydrogen-bond acceptors (Lipinski definition) is 5. The number of halogens is 1. The van der Waals surface area contributed by atoms with Crippen molar-refractivity contribution in [1.29, 1.82) is 0 Å². The third kappa shape index (κ3) is 7.78. The number of H-pyrrole nitrogens is 1. The lowest BCUT2D eigenvalue weighted by atomic mass is 10.2. The second-order valence-corrected chi connectivity index (χ2v) is 6.95. The Bertz CT molecular complexity index is 674. The van der Waals surface area contributed by atoms with E-state index in [0.717, 1.165) is 44.4 Å². The first-order valence-corrected chi connectivity index (χ1v) is 9.74. The number of aromatic amines is 1. The summed E-state index contributed by atoms with van der Waals surface area (Å²) in [6.45, 7) is 14.2. The average Bonchev–Trinajstić information content (AvgIpc) is 3.29. The molecule has 9 heteroatoms. The Balaban J connectivity index is 0.00000392. The van der Waals surface area contributed by atoms with E-state index in [1.54, 1.807) is 6.26 Å². The van der Waals surface area contributed by atoms with E-state index < -0.39 is 0 Å². The Labute approximate surface area is 185 Å². The van der Waals surface area contributed by atoms with Crippen molar-refractivity contribution >= 4 is 29.9 Å². The number of guanidine groups is 1. The van der Waals surface area contributed by atoms with Gasteiger partial charge in [0, 0.05) is 38.1 Å². The van der Waals surface area contributed by atoms with Crippen LogP contribution in [-0.4, -0.2) is 64.3 Å². The second kappa shape index (κ2) is 12.8. The van der Waals surface area contributed by atoms with Crippen LogP contribution in [0.25, 0.3) is 11.6 Å². The smallest absolute Gasteiger partial charge is 0.216 e. The number of nitrogens with zero attached hydrogens (tertiary/aromatic N) is 4. The van der Waals surface area contributed by atoms with Gasteiger partial charge in [0.15, 0.2) is 11.7 Å². The van der Waals surface area contributed by atoms with E-state index in [-0.39, 0.29) is 24.0 Å². The van der Waals surface area contributed by atoms with E-state index in [1.165, 1.54) is 0 Å². The maximum Gasteiger partial charge on any atom is 0.216 e. The van der Waals surface area contributed by atoms with Gasteiger partial charge in [0.05, 0.1) is 12.8 Å². The maximum absolute atomic E-state index is 5.31. The van der Waals surface area contributed by atoms with Gasteiger partial charge in [-0.15, -0.1) is 24.0 Å². The lowest BCUT2D eigenvalue weighted by molar-refractivity contribution is 0.181. The topological polar surface area (TPSA) is 94.4 Å². The molecule has 0 aliphatic heterocycles. The standard InChI is InChI=1S/C19H33N7O.HI/c1-6-20-19(22-11-12-26(14(2)3)15(4)5)21-10-9-17-23-18(25-24-17)16-8-7-13-27-16;/h7-8,13-15H,6,9-12H2,1-5H3,(H2,20,21,22)(H,23,24,25);1H. The zero-order valence-corrected chi connectivity index (χ0v) is 19.9. The molecule has 2 aromatic heterocycles. The van der Waals surface area contributed by atoms with Crippen LogP contribution >= 0.6 is 24.0 Å². The fourth-order valence-electron chi connectivity index (χ4n) is 2.95. The van der Waals surface area contributed by atoms with Gasteiger partial charge in [-0.2, -0.15) is 5.10 Å². The minimum Gasteiger partial charge on any atom is -0.461 e. The van der Waals surface area contributed by atoms with Crippen molar-refractivity contribution in [2.24, 2.45) is 4.99 Å². The second-order valence-electron chi connectivity index (χ2n) is 6.95. The number of hydrogen-bond donors (Lipinski definition) is 3. The quantitative estimate of drug-likeness (QED) is 0.262. The van der Waals surface area contributed by atoms with Crippen molar-refractivity contribution in [1.82, 2.24) is 30.7 Å². The molecule has 158 valence electrons. The summed E-state index contributed by atoms with van der Waals surface area (Å²) in [5.74, 6) is 2.89. The van der Waals surface area contributed by atoms with E-state index in [0.29, 0.717) is 23.7 Å². The molecule has 0 spiro atoms. The zero-order chi connectivity index (χ0) is 19.6. The Morgan fingerprint density at radius 3 is 2.61 bits per heavy atom. The minimum atomic E-state index is 0. The lowest BCUT2D eigenvalue weighted by Gasteiger charge is -2.29. The van der Waals surface area contributed by atoms with Crippen LogP contribution in [0.4, 0.5) is 0 Å². The van der Waals surface area contributed by atoms with Crippen LogP contribution < -0.4 is 10.6 Å². The highest BCUT2D eigenvalue weighted by Crippen LogP contribution is 2.14. The third-order valence-electron chi connectivity index (χ3n) is 4.23. The third-order valence-corrected chi connectivity index (χ3v) is 4.23. The molecule has 2 aromatic rings. The van der Waals surface area contributed by atoms with Crippen molar-refractivity contribution < 1.29 is 4.42 Å². The molecule has 0 radical (unpaired) electrons. The molecule has 8 nitrogen and oxygen atoms in total. The van der Waals surface area contributed by atoms with E-state index in [9.17, 15) is 0 Å². The Kier molecular flexibility index (Phi) is 11.1. The largest absolute Gasteiger partial charge is 0.461 e. The fourth-order valence-corrected chi connectivity index (χ4v) is 2.95. The Morgan fingerprint density at radius 1 is 1.25 bits per heavy atom. The van der Waals surface area contributed by atoms with Gasteiger partial charge in [-0.1, -0.05) is 0 Å². The van der Waals surface area contributed by atoms with Crippen LogP contribution in [-0.2, 0) is 6.42 Å². The summed E-state index contributed by atoms with van der Waals surface area (Å²) in [4.78, 5) is 11.6. The van der Waals surface area contributed by atoms with Crippen molar-refractivity contribution in [3.8, 4) is 11.6 Å². The molecule has 2 heterocycles. The van der Waals surface area contributed by atoms with Gasteiger partial charge in [-0.25, -0.2) is 4.98 Å². The van der Waals surface area contributed by atoms with Gasteiger partial charge in [0.2, 0.25) is 5.82 Å². The maximum atomic E-state index is 5.31. The molecule has 0 aromatic carbocycles. The summed E-state index contributed by atoms with van der Waals surface area (Å²) < 4.78 is 5.31. The molecule has 0 fully saturated rings. The van der Waals surface area contributed by atoms with Crippen LogP contribution in [0.15, 0.2) is 27.8 Å². The first-order valence-electron chi connectivity index (χ1n) is 9.74. The molecule has 0 bridgehead atoms. The molecular formula is C19H34IN7O. The molecule has 0 saturated heterocycles. The van der Waals surface area contributed by atoms with Gasteiger partial charge >= 0.3 is 0 Å². The van der Waals surface area contributed by atoms with Crippen molar-refractivity contribution in [3.63, 3.8) is 0 Å². The van der Waals surface area contributed by atoms with Gasteiger partial charge < -0.3 is 15.1 Å². The molecule has 0 unspecified atom stereocenters. The molecule has 28 heavy (non-hydrogen) atoms. The zero-order valence-electron chi connectivity index (χ0n) is 17.5. The van der Waals surface area contributed by atoms with E-state index >= 15 is 0 Å². The highest BCUT2D eigenvalue weighted by molar-refractivity contribution is 14.0. The number of furan rings is 1. The lowest BCUT2D eigenvalue weighted by Crippen LogP contribution is -2.41. The predicted octanol–water partition coefficient (Wildman–Crippen LogP) is 2.90. The molecule has 3 N–H and O–H groups in total. The molecule has 0 aliphatic carbocycles. The van der Waals surface area contributed by atoms with Crippen molar-refractivity contribution in [3.05, 3.63) is 24.2 Å². The summed E-state index contributed by atoms with van der Waals surface area (Å²) in [6.07, 6.45) is 2.34. The summed E-state index contributed by atoms with van der Waals surface area (Å²) in [7, 11) is 0. The van der Waals surface area contributed by atoms with Crippen LogP contribution in [0.5, 0.6) is 0 Å².